The lowest BCUT2D eigenvalue weighted by Crippen LogP contribution is -2.62. The van der Waals surface area contributed by atoms with Crippen molar-refractivity contribution in [2.45, 2.75) is 39.0 Å². The van der Waals surface area contributed by atoms with Gasteiger partial charge in [-0.15, -0.1) is 0 Å². The number of nitrogens with zero attached hydrogens (tertiary/aromatic N) is 1. The van der Waals surface area contributed by atoms with Crippen LogP contribution in [0.4, 0.5) is 4.79 Å². The first-order valence-corrected chi connectivity index (χ1v) is 12.0. The van der Waals surface area contributed by atoms with Gasteiger partial charge < -0.3 is 20.1 Å². The lowest BCUT2D eigenvalue weighted by atomic mass is 9.77. The van der Waals surface area contributed by atoms with Gasteiger partial charge >= 0.3 is 12.1 Å². The van der Waals surface area contributed by atoms with Crippen molar-refractivity contribution in [2.24, 2.45) is 11.3 Å². The highest BCUT2D eigenvalue weighted by Crippen LogP contribution is 2.44. The number of benzene rings is 2. The molecule has 180 valence electrons. The molecule has 0 aromatic heterocycles. The molecule has 34 heavy (non-hydrogen) atoms. The summed E-state index contributed by atoms with van der Waals surface area (Å²) in [6.45, 7) is 4.94. The van der Waals surface area contributed by atoms with Crippen LogP contribution >= 0.6 is 0 Å². The number of hydrogen-bond donors (Lipinski definition) is 2. The van der Waals surface area contributed by atoms with Gasteiger partial charge in [-0.3, -0.25) is 9.59 Å². The van der Waals surface area contributed by atoms with Gasteiger partial charge in [0.15, 0.2) is 0 Å². The third kappa shape index (κ3) is 4.52. The highest BCUT2D eigenvalue weighted by Gasteiger charge is 2.50. The molecule has 1 aliphatic heterocycles. The van der Waals surface area contributed by atoms with E-state index < -0.39 is 17.5 Å². The number of carbonyl (C=O) groups is 3. The van der Waals surface area contributed by atoms with Crippen molar-refractivity contribution in [1.29, 1.82) is 0 Å². The molecule has 1 heterocycles. The van der Waals surface area contributed by atoms with Crippen LogP contribution < -0.4 is 5.32 Å². The minimum atomic E-state index is -0.834. The molecule has 0 radical (unpaired) electrons. The quantitative estimate of drug-likeness (QED) is 0.541. The first-order chi connectivity index (χ1) is 16.4. The number of carboxylic acids is 1. The number of ether oxygens (including phenoxy) is 1. The van der Waals surface area contributed by atoms with Gasteiger partial charge in [-0.2, -0.15) is 0 Å². The average Bonchev–Trinajstić information content (AvgIpc) is 3.13. The molecule has 0 spiro atoms. The maximum absolute atomic E-state index is 12.6. The number of aliphatic carboxylic acids is 1. The van der Waals surface area contributed by atoms with E-state index in [-0.39, 0.29) is 37.4 Å². The summed E-state index contributed by atoms with van der Waals surface area (Å²) in [5.74, 6) is -1.05. The molecular formula is C27H32N2O5. The minimum absolute atomic E-state index is 0.0216. The van der Waals surface area contributed by atoms with Gasteiger partial charge in [-0.1, -0.05) is 62.4 Å². The van der Waals surface area contributed by atoms with Crippen molar-refractivity contribution in [3.05, 3.63) is 59.7 Å². The Hall–Kier alpha value is -3.35. The summed E-state index contributed by atoms with van der Waals surface area (Å²) < 4.78 is 5.54. The number of likely N-dealkylation sites (tertiary alicyclic amines) is 1. The van der Waals surface area contributed by atoms with E-state index in [1.54, 1.807) is 4.90 Å². The normalized spacial score (nSPS) is 16.7. The van der Waals surface area contributed by atoms with Gasteiger partial charge in [0.2, 0.25) is 5.91 Å². The van der Waals surface area contributed by atoms with Crippen LogP contribution in [0, 0.1) is 11.3 Å². The summed E-state index contributed by atoms with van der Waals surface area (Å²) in [6.07, 6.45) is 1.32. The van der Waals surface area contributed by atoms with E-state index >= 15 is 0 Å². The van der Waals surface area contributed by atoms with E-state index in [0.29, 0.717) is 25.8 Å². The summed E-state index contributed by atoms with van der Waals surface area (Å²) in [5.41, 5.74) is 3.93. The Kier molecular flexibility index (Phi) is 6.91. The van der Waals surface area contributed by atoms with Crippen molar-refractivity contribution in [3.8, 4) is 11.1 Å². The Bertz CT molecular complexity index is 1030. The number of alkyl carbamates (subject to hydrolysis) is 1. The second kappa shape index (κ2) is 9.87. The average molecular weight is 465 g/mol. The molecule has 2 aromatic carbocycles. The van der Waals surface area contributed by atoms with Crippen LogP contribution in [-0.4, -0.2) is 54.2 Å². The maximum Gasteiger partial charge on any atom is 0.407 e. The summed E-state index contributed by atoms with van der Waals surface area (Å²) >= 11 is 0. The van der Waals surface area contributed by atoms with Crippen molar-refractivity contribution in [2.75, 3.05) is 26.2 Å². The Balaban J connectivity index is 1.19. The molecule has 1 atom stereocenters. The molecule has 0 saturated carbocycles. The van der Waals surface area contributed by atoms with Crippen molar-refractivity contribution < 1.29 is 24.2 Å². The van der Waals surface area contributed by atoms with Crippen molar-refractivity contribution >= 4 is 18.0 Å². The van der Waals surface area contributed by atoms with Crippen LogP contribution in [0.1, 0.15) is 50.2 Å². The van der Waals surface area contributed by atoms with Crippen LogP contribution in [0.5, 0.6) is 0 Å². The van der Waals surface area contributed by atoms with Crippen molar-refractivity contribution in [1.82, 2.24) is 10.2 Å². The third-order valence-corrected chi connectivity index (χ3v) is 7.28. The number of carbonyl (C=O) groups excluding carboxylic acids is 2. The van der Waals surface area contributed by atoms with Gasteiger partial charge in [-0.25, -0.2) is 4.79 Å². The molecule has 2 amide bonds. The molecule has 2 aromatic rings. The van der Waals surface area contributed by atoms with Gasteiger partial charge in [0, 0.05) is 31.5 Å². The number of nitrogens with one attached hydrogen (secondary N) is 1. The van der Waals surface area contributed by atoms with Crippen LogP contribution in [0.3, 0.4) is 0 Å². The number of carboxylic acid groups (broad SMARTS) is 1. The van der Waals surface area contributed by atoms with E-state index in [1.165, 1.54) is 22.3 Å². The summed E-state index contributed by atoms with van der Waals surface area (Å²) in [6, 6.07) is 16.4. The number of fused-ring (bicyclic) bond motifs is 3. The monoisotopic (exact) mass is 464 g/mol. The second-order valence-electron chi connectivity index (χ2n) is 9.43. The van der Waals surface area contributed by atoms with Crippen molar-refractivity contribution in [3.63, 3.8) is 0 Å². The van der Waals surface area contributed by atoms with Crippen LogP contribution in [0.15, 0.2) is 48.5 Å². The second-order valence-corrected chi connectivity index (χ2v) is 9.43. The Morgan fingerprint density at radius 2 is 1.68 bits per heavy atom. The standard InChI is InChI=1S/C27H32N2O5/c1-3-27(25(31)32)16-29(17-27)24(30)18(2)9-8-14-28-26(33)34-15-23-21-12-6-4-10-19(21)20-11-5-7-13-22(20)23/h4-7,10-13,18,23H,3,8-9,14-17H2,1-2H3,(H,28,33)(H,31,32). The zero-order chi connectivity index (χ0) is 24.3. The SMILES string of the molecule is CCC1(C(=O)O)CN(C(=O)C(C)CCCNC(=O)OCC2c3ccccc3-c3ccccc32)C1. The Labute approximate surface area is 200 Å². The molecule has 1 fully saturated rings. The Morgan fingerprint density at radius 1 is 1.09 bits per heavy atom. The zero-order valence-corrected chi connectivity index (χ0v) is 19.8. The van der Waals surface area contributed by atoms with E-state index in [2.05, 4.69) is 29.6 Å². The summed E-state index contributed by atoms with van der Waals surface area (Å²) in [5, 5.41) is 12.1. The van der Waals surface area contributed by atoms with Gasteiger partial charge in [0.05, 0.1) is 0 Å². The number of hydrogen-bond acceptors (Lipinski definition) is 4. The van der Waals surface area contributed by atoms with E-state index in [9.17, 15) is 19.5 Å². The fraction of sp³-hybridized carbons (Fsp3) is 0.444. The highest BCUT2D eigenvalue weighted by molar-refractivity contribution is 5.84. The van der Waals surface area contributed by atoms with E-state index in [4.69, 9.17) is 4.74 Å². The first-order valence-electron chi connectivity index (χ1n) is 12.0. The Morgan fingerprint density at radius 3 is 2.24 bits per heavy atom. The smallest absolute Gasteiger partial charge is 0.407 e. The number of amides is 2. The molecule has 1 unspecified atom stereocenters. The molecule has 4 rings (SSSR count). The van der Waals surface area contributed by atoms with Crippen LogP contribution in [0.25, 0.3) is 11.1 Å². The predicted octanol–water partition coefficient (Wildman–Crippen LogP) is 4.26. The minimum Gasteiger partial charge on any atom is -0.481 e. The third-order valence-electron chi connectivity index (χ3n) is 7.28. The lowest BCUT2D eigenvalue weighted by Gasteiger charge is -2.47. The predicted molar refractivity (Wildman–Crippen MR) is 128 cm³/mol. The molecule has 1 saturated heterocycles. The lowest BCUT2D eigenvalue weighted by molar-refractivity contribution is -0.167. The molecule has 7 nitrogen and oxygen atoms in total. The fourth-order valence-corrected chi connectivity index (χ4v) is 5.03. The first kappa shape index (κ1) is 23.8. The molecule has 2 aliphatic rings. The molecule has 2 N–H and O–H groups in total. The molecule has 7 heteroatoms. The highest BCUT2D eigenvalue weighted by atomic mass is 16.5. The topological polar surface area (TPSA) is 95.9 Å². The van der Waals surface area contributed by atoms with Gasteiger partial charge in [0.1, 0.15) is 12.0 Å². The van der Waals surface area contributed by atoms with E-state index in [1.807, 2.05) is 38.1 Å². The number of rotatable bonds is 9. The fourth-order valence-electron chi connectivity index (χ4n) is 5.03. The van der Waals surface area contributed by atoms with Crippen LogP contribution in [-0.2, 0) is 14.3 Å². The van der Waals surface area contributed by atoms with E-state index in [0.717, 1.165) is 0 Å². The molecule has 0 bridgehead atoms. The van der Waals surface area contributed by atoms with Gasteiger partial charge in [0.25, 0.3) is 0 Å². The zero-order valence-electron chi connectivity index (χ0n) is 19.8. The largest absolute Gasteiger partial charge is 0.481 e. The van der Waals surface area contributed by atoms with Crippen LogP contribution in [0.2, 0.25) is 0 Å². The summed E-state index contributed by atoms with van der Waals surface area (Å²) in [4.78, 5) is 37.9. The summed E-state index contributed by atoms with van der Waals surface area (Å²) in [7, 11) is 0. The van der Waals surface area contributed by atoms with Gasteiger partial charge in [-0.05, 0) is 41.5 Å². The molecule has 1 aliphatic carbocycles. The molecular weight excluding hydrogens is 432 g/mol. The maximum atomic E-state index is 12.6.